The quantitative estimate of drug-likeness (QED) is 0.312. The van der Waals surface area contributed by atoms with Gasteiger partial charge in [-0.25, -0.2) is 4.79 Å². The van der Waals surface area contributed by atoms with Gasteiger partial charge < -0.3 is 25.0 Å². The van der Waals surface area contributed by atoms with E-state index in [1.54, 1.807) is 11.0 Å². The molecule has 1 unspecified atom stereocenters. The maximum Gasteiger partial charge on any atom is 0.410 e. The maximum atomic E-state index is 13.3. The summed E-state index contributed by atoms with van der Waals surface area (Å²) in [6, 6.07) is 19.4. The Labute approximate surface area is 258 Å². The van der Waals surface area contributed by atoms with E-state index in [0.717, 1.165) is 22.3 Å². The SMILES string of the molecule is CCNC(=O)c1cc2c(c(Cl)c1C(=O)NCC)CCN(C(=O)OC(C)(C)C)CC2c1ccc(OCc2ccccc2)cc1. The second kappa shape index (κ2) is 14.0. The molecule has 0 saturated heterocycles. The number of fused-ring (bicyclic) bond motifs is 1. The highest BCUT2D eigenvalue weighted by molar-refractivity contribution is 6.35. The molecule has 0 fully saturated rings. The first-order valence-corrected chi connectivity index (χ1v) is 15.1. The Balaban J connectivity index is 1.78. The molecule has 3 aromatic rings. The summed E-state index contributed by atoms with van der Waals surface area (Å²) in [5.41, 5.74) is 3.18. The topological polar surface area (TPSA) is 97.0 Å². The summed E-state index contributed by atoms with van der Waals surface area (Å²) in [6.07, 6.45) is -0.0401. The van der Waals surface area contributed by atoms with Crippen LogP contribution in [0, 0.1) is 0 Å². The Morgan fingerprint density at radius 3 is 2.23 bits per heavy atom. The molecule has 0 radical (unpaired) electrons. The van der Waals surface area contributed by atoms with Gasteiger partial charge in [0.1, 0.15) is 18.0 Å². The van der Waals surface area contributed by atoms with Gasteiger partial charge in [-0.1, -0.05) is 54.1 Å². The van der Waals surface area contributed by atoms with Crippen LogP contribution in [0.4, 0.5) is 4.79 Å². The van der Waals surface area contributed by atoms with Crippen LogP contribution in [0.5, 0.6) is 5.75 Å². The van der Waals surface area contributed by atoms with E-state index in [2.05, 4.69) is 10.6 Å². The molecule has 0 spiro atoms. The van der Waals surface area contributed by atoms with E-state index in [1.165, 1.54) is 0 Å². The first-order valence-electron chi connectivity index (χ1n) is 14.7. The number of ether oxygens (including phenoxy) is 2. The standard InChI is InChI=1S/C34H40ClN3O5/c1-6-36-31(39)27-19-26-25(30(35)29(27)32(40)37-7-2)17-18-38(33(41)43-34(3,4)5)20-28(26)23-13-15-24(16-14-23)42-21-22-11-9-8-10-12-22/h8-16,19,28H,6-7,17-18,20-21H2,1-5H3,(H,36,39)(H,37,40). The third-order valence-corrected chi connectivity index (χ3v) is 7.56. The van der Waals surface area contributed by atoms with Crippen molar-refractivity contribution >= 4 is 29.5 Å². The summed E-state index contributed by atoms with van der Waals surface area (Å²) in [5.74, 6) is -0.438. The molecule has 1 atom stereocenters. The molecule has 4 rings (SSSR count). The van der Waals surface area contributed by atoms with Crippen molar-refractivity contribution in [2.75, 3.05) is 26.2 Å². The number of nitrogens with one attached hydrogen (secondary N) is 2. The molecule has 0 aromatic heterocycles. The van der Waals surface area contributed by atoms with Gasteiger partial charge in [0.2, 0.25) is 0 Å². The fourth-order valence-electron chi connectivity index (χ4n) is 5.15. The second-order valence-electron chi connectivity index (χ2n) is 11.5. The molecule has 3 amide bonds. The molecule has 3 aromatic carbocycles. The maximum absolute atomic E-state index is 13.3. The average Bonchev–Trinajstić information content (AvgIpc) is 3.16. The summed E-state index contributed by atoms with van der Waals surface area (Å²) in [5, 5.41) is 5.82. The molecule has 2 N–H and O–H groups in total. The van der Waals surface area contributed by atoms with E-state index in [1.807, 2.05) is 89.2 Å². The lowest BCUT2D eigenvalue weighted by Crippen LogP contribution is -2.39. The van der Waals surface area contributed by atoms with Crippen molar-refractivity contribution in [3.8, 4) is 5.75 Å². The van der Waals surface area contributed by atoms with Crippen molar-refractivity contribution < 1.29 is 23.9 Å². The number of amides is 3. The molecule has 0 aliphatic carbocycles. The lowest BCUT2D eigenvalue weighted by Gasteiger charge is -2.29. The molecule has 1 aliphatic rings. The Morgan fingerprint density at radius 1 is 0.953 bits per heavy atom. The zero-order valence-corrected chi connectivity index (χ0v) is 26.2. The molecule has 43 heavy (non-hydrogen) atoms. The van der Waals surface area contributed by atoms with Gasteiger partial charge in [-0.2, -0.15) is 0 Å². The fraction of sp³-hybridized carbons (Fsp3) is 0.382. The van der Waals surface area contributed by atoms with Crippen LogP contribution in [-0.4, -0.2) is 54.6 Å². The Morgan fingerprint density at radius 2 is 1.60 bits per heavy atom. The van der Waals surface area contributed by atoms with Crippen LogP contribution in [0.25, 0.3) is 0 Å². The van der Waals surface area contributed by atoms with Crippen molar-refractivity contribution in [1.29, 1.82) is 0 Å². The summed E-state index contributed by atoms with van der Waals surface area (Å²) < 4.78 is 11.7. The van der Waals surface area contributed by atoms with Crippen molar-refractivity contribution in [2.24, 2.45) is 0 Å². The summed E-state index contributed by atoms with van der Waals surface area (Å²) in [7, 11) is 0. The molecular formula is C34H40ClN3O5. The van der Waals surface area contributed by atoms with Crippen molar-refractivity contribution in [2.45, 2.75) is 59.2 Å². The van der Waals surface area contributed by atoms with Crippen LogP contribution < -0.4 is 15.4 Å². The van der Waals surface area contributed by atoms with Crippen LogP contribution >= 0.6 is 11.6 Å². The minimum absolute atomic E-state index is 0.141. The van der Waals surface area contributed by atoms with Crippen LogP contribution in [-0.2, 0) is 17.8 Å². The molecule has 0 bridgehead atoms. The van der Waals surface area contributed by atoms with Gasteiger partial charge in [-0.05, 0) is 81.5 Å². The van der Waals surface area contributed by atoms with E-state index < -0.39 is 17.6 Å². The average molecular weight is 606 g/mol. The highest BCUT2D eigenvalue weighted by Gasteiger charge is 2.34. The molecule has 228 valence electrons. The van der Waals surface area contributed by atoms with Gasteiger partial charge in [0.25, 0.3) is 11.8 Å². The first kappa shape index (κ1) is 31.9. The van der Waals surface area contributed by atoms with Crippen molar-refractivity contribution in [3.63, 3.8) is 0 Å². The normalized spacial score (nSPS) is 14.7. The zero-order valence-electron chi connectivity index (χ0n) is 25.5. The monoisotopic (exact) mass is 605 g/mol. The minimum Gasteiger partial charge on any atom is -0.489 e. The Kier molecular flexibility index (Phi) is 10.3. The molecular weight excluding hydrogens is 566 g/mol. The highest BCUT2D eigenvalue weighted by Crippen LogP contribution is 2.39. The number of hydrogen-bond donors (Lipinski definition) is 2. The minimum atomic E-state index is -0.669. The molecule has 1 aliphatic heterocycles. The summed E-state index contributed by atoms with van der Waals surface area (Å²) in [4.78, 5) is 41.4. The van der Waals surface area contributed by atoms with Gasteiger partial charge >= 0.3 is 6.09 Å². The smallest absolute Gasteiger partial charge is 0.410 e. The third kappa shape index (κ3) is 7.87. The molecule has 9 heteroatoms. The molecule has 8 nitrogen and oxygen atoms in total. The Bertz CT molecular complexity index is 1450. The van der Waals surface area contributed by atoms with Crippen molar-refractivity contribution in [1.82, 2.24) is 15.5 Å². The number of halogens is 1. The van der Waals surface area contributed by atoms with E-state index in [4.69, 9.17) is 21.1 Å². The lowest BCUT2D eigenvalue weighted by molar-refractivity contribution is 0.0251. The first-order chi connectivity index (χ1) is 20.5. The Hall–Kier alpha value is -4.04. The van der Waals surface area contributed by atoms with Crippen LogP contribution in [0.1, 0.15) is 83.5 Å². The fourth-order valence-corrected chi connectivity index (χ4v) is 5.54. The number of carbonyl (C=O) groups excluding carboxylic acids is 3. The summed E-state index contributed by atoms with van der Waals surface area (Å²) >= 11 is 6.99. The van der Waals surface area contributed by atoms with Crippen molar-refractivity contribution in [3.05, 3.63) is 99.1 Å². The molecule has 1 heterocycles. The number of benzene rings is 3. The number of carbonyl (C=O) groups is 3. The largest absolute Gasteiger partial charge is 0.489 e. The number of hydrogen-bond acceptors (Lipinski definition) is 5. The van der Waals surface area contributed by atoms with Gasteiger partial charge in [0.05, 0.1) is 16.1 Å². The van der Waals surface area contributed by atoms with E-state index in [9.17, 15) is 14.4 Å². The van der Waals surface area contributed by atoms with Gasteiger partial charge in [-0.15, -0.1) is 0 Å². The van der Waals surface area contributed by atoms with Gasteiger partial charge in [0, 0.05) is 32.1 Å². The van der Waals surface area contributed by atoms with Gasteiger partial charge in [0.15, 0.2) is 0 Å². The van der Waals surface area contributed by atoms with E-state index in [0.29, 0.717) is 45.0 Å². The van der Waals surface area contributed by atoms with Gasteiger partial charge in [-0.3, -0.25) is 9.59 Å². The number of rotatable bonds is 8. The predicted molar refractivity (Wildman–Crippen MR) is 168 cm³/mol. The third-order valence-electron chi connectivity index (χ3n) is 7.14. The van der Waals surface area contributed by atoms with Crippen LogP contribution in [0.3, 0.4) is 0 Å². The molecule has 0 saturated carbocycles. The van der Waals surface area contributed by atoms with Crippen LogP contribution in [0.2, 0.25) is 5.02 Å². The summed E-state index contributed by atoms with van der Waals surface area (Å²) in [6.45, 7) is 11.0. The van der Waals surface area contributed by atoms with E-state index in [-0.39, 0.29) is 28.0 Å². The van der Waals surface area contributed by atoms with Crippen LogP contribution in [0.15, 0.2) is 60.7 Å². The van der Waals surface area contributed by atoms with E-state index >= 15 is 0 Å². The predicted octanol–water partition coefficient (Wildman–Crippen LogP) is 6.34. The lowest BCUT2D eigenvalue weighted by atomic mass is 9.85. The number of nitrogens with zero attached hydrogens (tertiary/aromatic N) is 1. The highest BCUT2D eigenvalue weighted by atomic mass is 35.5. The zero-order chi connectivity index (χ0) is 31.1. The second-order valence-corrected chi connectivity index (χ2v) is 11.9.